The van der Waals surface area contributed by atoms with E-state index in [4.69, 9.17) is 4.74 Å². The quantitative estimate of drug-likeness (QED) is 0.729. The van der Waals surface area contributed by atoms with E-state index in [1.165, 1.54) is 18.5 Å². The lowest BCUT2D eigenvalue weighted by atomic mass is 10.1. The molecule has 2 aromatic carbocycles. The van der Waals surface area contributed by atoms with Crippen molar-refractivity contribution in [3.05, 3.63) is 66.5 Å². The van der Waals surface area contributed by atoms with Gasteiger partial charge in [0.05, 0.1) is 24.1 Å². The summed E-state index contributed by atoms with van der Waals surface area (Å²) >= 11 is 0. The number of para-hydroxylation sites is 2. The van der Waals surface area contributed by atoms with E-state index >= 15 is 0 Å². The molecule has 1 aromatic heterocycles. The summed E-state index contributed by atoms with van der Waals surface area (Å²) in [5.41, 5.74) is 1.11. The lowest BCUT2D eigenvalue weighted by Gasteiger charge is -2.11. The molecule has 0 spiro atoms. The van der Waals surface area contributed by atoms with E-state index in [-0.39, 0.29) is 0 Å². The lowest BCUT2D eigenvalue weighted by molar-refractivity contribution is -0.137. The van der Waals surface area contributed by atoms with Gasteiger partial charge in [-0.2, -0.15) is 13.2 Å². The Hall–Kier alpha value is -3.09. The van der Waals surface area contributed by atoms with Crippen molar-refractivity contribution in [1.82, 2.24) is 9.97 Å². The maximum atomic E-state index is 12.7. The van der Waals surface area contributed by atoms with Gasteiger partial charge in [0.15, 0.2) is 0 Å². The Morgan fingerprint density at radius 2 is 1.68 bits per heavy atom. The van der Waals surface area contributed by atoms with Crippen LogP contribution in [0.4, 0.5) is 24.7 Å². The molecule has 0 saturated heterocycles. The zero-order valence-corrected chi connectivity index (χ0v) is 13.2. The van der Waals surface area contributed by atoms with E-state index in [0.29, 0.717) is 22.8 Å². The van der Waals surface area contributed by atoms with Crippen LogP contribution in [-0.2, 0) is 6.18 Å². The van der Waals surface area contributed by atoms with Crippen LogP contribution in [0.15, 0.2) is 60.9 Å². The molecule has 0 aliphatic heterocycles. The number of nitrogens with one attached hydrogen (secondary N) is 1. The van der Waals surface area contributed by atoms with E-state index in [2.05, 4.69) is 15.3 Å². The summed E-state index contributed by atoms with van der Waals surface area (Å²) in [5.74, 6) is 1.16. The summed E-state index contributed by atoms with van der Waals surface area (Å²) in [5, 5.41) is 3.11. The van der Waals surface area contributed by atoms with Crippen molar-refractivity contribution in [3.8, 4) is 17.0 Å². The van der Waals surface area contributed by atoms with Gasteiger partial charge in [0.25, 0.3) is 0 Å². The topological polar surface area (TPSA) is 47.0 Å². The van der Waals surface area contributed by atoms with Crippen LogP contribution in [0.25, 0.3) is 11.3 Å². The number of aromatic nitrogens is 2. The minimum absolute atomic E-state index is 0.509. The van der Waals surface area contributed by atoms with Gasteiger partial charge in [-0.3, -0.25) is 0 Å². The molecule has 4 nitrogen and oxygen atoms in total. The maximum absolute atomic E-state index is 12.7. The SMILES string of the molecule is COc1ccccc1Nc1cc(-c2ccc(C(F)(F)F)cc2)ncn1. The highest BCUT2D eigenvalue weighted by Crippen LogP contribution is 2.31. The summed E-state index contributed by atoms with van der Waals surface area (Å²) in [6.07, 6.45) is -3.01. The summed E-state index contributed by atoms with van der Waals surface area (Å²) in [6.45, 7) is 0. The molecule has 0 aliphatic carbocycles. The van der Waals surface area contributed by atoms with Gasteiger partial charge < -0.3 is 10.1 Å². The predicted octanol–water partition coefficient (Wildman–Crippen LogP) is 4.91. The monoisotopic (exact) mass is 345 g/mol. The van der Waals surface area contributed by atoms with Crippen LogP contribution in [0, 0.1) is 0 Å². The number of hydrogen-bond donors (Lipinski definition) is 1. The second-order valence-corrected chi connectivity index (χ2v) is 5.19. The van der Waals surface area contributed by atoms with Crippen molar-refractivity contribution in [2.45, 2.75) is 6.18 Å². The first kappa shape index (κ1) is 16.8. The van der Waals surface area contributed by atoms with Gasteiger partial charge >= 0.3 is 6.18 Å². The number of anilines is 2. The van der Waals surface area contributed by atoms with Crippen molar-refractivity contribution in [2.24, 2.45) is 0 Å². The second kappa shape index (κ2) is 6.80. The van der Waals surface area contributed by atoms with Crippen LogP contribution in [0.5, 0.6) is 5.75 Å². The first-order valence-corrected chi connectivity index (χ1v) is 7.37. The Morgan fingerprint density at radius 3 is 2.36 bits per heavy atom. The molecule has 3 rings (SSSR count). The minimum Gasteiger partial charge on any atom is -0.495 e. The molecule has 3 aromatic rings. The molecule has 25 heavy (non-hydrogen) atoms. The number of methoxy groups -OCH3 is 1. The Labute approximate surface area is 142 Å². The van der Waals surface area contributed by atoms with Crippen LogP contribution in [0.3, 0.4) is 0 Å². The molecule has 1 heterocycles. The number of hydrogen-bond acceptors (Lipinski definition) is 4. The van der Waals surface area contributed by atoms with Gasteiger partial charge in [-0.25, -0.2) is 9.97 Å². The molecule has 0 aliphatic rings. The van der Waals surface area contributed by atoms with Gasteiger partial charge in [-0.05, 0) is 24.3 Å². The molecule has 128 valence electrons. The molecule has 0 radical (unpaired) electrons. The van der Waals surface area contributed by atoms with Crippen LogP contribution < -0.4 is 10.1 Å². The zero-order valence-electron chi connectivity index (χ0n) is 13.2. The van der Waals surface area contributed by atoms with Crippen molar-refractivity contribution in [2.75, 3.05) is 12.4 Å². The highest BCUT2D eigenvalue weighted by Gasteiger charge is 2.30. The highest BCUT2D eigenvalue weighted by molar-refractivity contribution is 5.68. The molecular formula is C18H14F3N3O. The standard InChI is InChI=1S/C18H14F3N3O/c1-25-16-5-3-2-4-14(16)24-17-10-15(22-11-23-17)12-6-8-13(9-7-12)18(19,20)21/h2-11H,1H3,(H,22,23,24). The molecule has 0 unspecified atom stereocenters. The van der Waals surface area contributed by atoms with Gasteiger partial charge in [0.1, 0.15) is 17.9 Å². The third-order valence-electron chi connectivity index (χ3n) is 3.54. The fraction of sp³-hybridized carbons (Fsp3) is 0.111. The van der Waals surface area contributed by atoms with Gasteiger partial charge in [0.2, 0.25) is 0 Å². The molecule has 1 N–H and O–H groups in total. The lowest BCUT2D eigenvalue weighted by Crippen LogP contribution is -2.04. The number of halogens is 3. The molecule has 7 heteroatoms. The summed E-state index contributed by atoms with van der Waals surface area (Å²) in [7, 11) is 1.56. The van der Waals surface area contributed by atoms with E-state index in [1.807, 2.05) is 18.2 Å². The largest absolute Gasteiger partial charge is 0.495 e. The first-order chi connectivity index (χ1) is 12.0. The molecular weight excluding hydrogens is 331 g/mol. The minimum atomic E-state index is -4.36. The molecule has 0 atom stereocenters. The van der Waals surface area contributed by atoms with Crippen molar-refractivity contribution in [1.29, 1.82) is 0 Å². The number of benzene rings is 2. The molecule has 0 saturated carbocycles. The molecule has 0 amide bonds. The average Bonchev–Trinajstić information content (AvgIpc) is 2.62. The van der Waals surface area contributed by atoms with Gasteiger partial charge in [-0.15, -0.1) is 0 Å². The third kappa shape index (κ3) is 3.88. The normalized spacial score (nSPS) is 11.2. The number of rotatable bonds is 4. The second-order valence-electron chi connectivity index (χ2n) is 5.19. The Kier molecular flexibility index (Phi) is 4.56. The van der Waals surface area contributed by atoms with Crippen molar-refractivity contribution < 1.29 is 17.9 Å². The summed E-state index contributed by atoms with van der Waals surface area (Å²) < 4.78 is 43.2. The van der Waals surface area contributed by atoms with E-state index in [9.17, 15) is 13.2 Å². The maximum Gasteiger partial charge on any atom is 0.416 e. The van der Waals surface area contributed by atoms with Crippen LogP contribution >= 0.6 is 0 Å². The number of alkyl halides is 3. The smallest absolute Gasteiger partial charge is 0.416 e. The highest BCUT2D eigenvalue weighted by atomic mass is 19.4. The summed E-state index contributed by atoms with van der Waals surface area (Å²) in [6, 6.07) is 13.8. The van der Waals surface area contributed by atoms with Crippen molar-refractivity contribution in [3.63, 3.8) is 0 Å². The van der Waals surface area contributed by atoms with Gasteiger partial charge in [0, 0.05) is 11.6 Å². The van der Waals surface area contributed by atoms with E-state index in [1.54, 1.807) is 19.2 Å². The predicted molar refractivity (Wildman–Crippen MR) is 88.7 cm³/mol. The average molecular weight is 345 g/mol. The number of nitrogens with zero attached hydrogens (tertiary/aromatic N) is 2. The Balaban J connectivity index is 1.86. The Bertz CT molecular complexity index is 864. The zero-order chi connectivity index (χ0) is 17.9. The number of ether oxygens (including phenoxy) is 1. The van der Waals surface area contributed by atoms with Gasteiger partial charge in [-0.1, -0.05) is 24.3 Å². The summed E-state index contributed by atoms with van der Waals surface area (Å²) in [4.78, 5) is 8.26. The fourth-order valence-corrected chi connectivity index (χ4v) is 2.30. The van der Waals surface area contributed by atoms with Crippen LogP contribution in [-0.4, -0.2) is 17.1 Å². The molecule has 0 bridgehead atoms. The van der Waals surface area contributed by atoms with E-state index < -0.39 is 11.7 Å². The fourth-order valence-electron chi connectivity index (χ4n) is 2.30. The first-order valence-electron chi connectivity index (χ1n) is 7.37. The van der Waals surface area contributed by atoms with Crippen LogP contribution in [0.1, 0.15) is 5.56 Å². The third-order valence-corrected chi connectivity index (χ3v) is 3.54. The molecule has 0 fully saturated rings. The van der Waals surface area contributed by atoms with Crippen LogP contribution in [0.2, 0.25) is 0 Å². The van der Waals surface area contributed by atoms with Crippen molar-refractivity contribution >= 4 is 11.5 Å². The Morgan fingerprint density at radius 1 is 0.960 bits per heavy atom. The van der Waals surface area contributed by atoms with E-state index in [0.717, 1.165) is 17.8 Å².